The van der Waals surface area contributed by atoms with Crippen LogP contribution in [0, 0.1) is 5.92 Å². The number of aliphatic hydroxyl groups is 3. The molecule has 0 fully saturated rings. The normalized spacial score (nSPS) is 25.2. The minimum absolute atomic E-state index is 0.0383. The first-order valence-electron chi connectivity index (χ1n) is 13.2. The summed E-state index contributed by atoms with van der Waals surface area (Å²) in [7, 11) is 3.60. The van der Waals surface area contributed by atoms with Gasteiger partial charge in [0.1, 0.15) is 22.8 Å². The maximum absolute atomic E-state index is 13.9. The summed E-state index contributed by atoms with van der Waals surface area (Å²) in [5, 5.41) is 46.7. The van der Waals surface area contributed by atoms with E-state index < -0.39 is 50.8 Å². The first-order valence-corrected chi connectivity index (χ1v) is 13.7. The number of rotatable bonds is 6. The third-order valence-corrected chi connectivity index (χ3v) is 8.78. The number of fused-ring (bicyclic) bond motifs is 3. The van der Waals surface area contributed by atoms with Crippen molar-refractivity contribution in [2.75, 3.05) is 20.6 Å². The molecule has 0 heterocycles. The van der Waals surface area contributed by atoms with Gasteiger partial charge in [0.25, 0.3) is 5.91 Å². The fourth-order valence-corrected chi connectivity index (χ4v) is 6.86. The number of aromatic hydroxyl groups is 1. The number of primary amides is 1. The molecule has 2 amide bonds. The molecular formula is C30H31N3O8S. The molecule has 2 aromatic rings. The lowest BCUT2D eigenvalue weighted by molar-refractivity contribution is -0.144. The first kappa shape index (κ1) is 29.4. The van der Waals surface area contributed by atoms with E-state index in [0.29, 0.717) is 17.7 Å². The summed E-state index contributed by atoms with van der Waals surface area (Å²) in [5.74, 6) is -6.52. The number of likely N-dealkylation sites (N-methyl/N-ethyl adjacent to an activating group) is 1. The van der Waals surface area contributed by atoms with Gasteiger partial charge in [0, 0.05) is 23.6 Å². The molecule has 0 spiro atoms. The highest BCUT2D eigenvalue weighted by Gasteiger charge is 2.63. The molecule has 12 heteroatoms. The number of phenols is 1. The van der Waals surface area contributed by atoms with E-state index in [-0.39, 0.29) is 48.6 Å². The van der Waals surface area contributed by atoms with E-state index in [1.807, 2.05) is 24.3 Å². The number of nitrogens with two attached hydrogens (primary N) is 1. The highest BCUT2D eigenvalue weighted by atomic mass is 32.1. The second-order valence-corrected chi connectivity index (χ2v) is 12.2. The van der Waals surface area contributed by atoms with Crippen LogP contribution in [0.5, 0.6) is 5.75 Å². The Hall–Kier alpha value is -4.13. The van der Waals surface area contributed by atoms with Crippen LogP contribution in [0.2, 0.25) is 0 Å². The number of aliphatic hydroxyl groups excluding tert-OH is 2. The molecule has 0 aromatic heterocycles. The molecule has 0 unspecified atom stereocenters. The summed E-state index contributed by atoms with van der Waals surface area (Å²) < 4.78 is -1.38. The number of nitrogens with one attached hydrogen (secondary N) is 1. The van der Waals surface area contributed by atoms with E-state index in [4.69, 9.17) is 18.4 Å². The lowest BCUT2D eigenvalue weighted by Crippen LogP contribution is -2.60. The number of amides is 2. The smallest absolute Gasteiger partial charge is 0.255 e. The van der Waals surface area contributed by atoms with Gasteiger partial charge in [-0.3, -0.25) is 19.2 Å². The molecule has 7 N–H and O–H groups in total. The standard InChI is InChI=1S/C30H31N3O8S/c1-33(2)13-21(36)32-12-14-3-5-15(6-4-14)17-7-8-19(34)22-18(17)11-29(42)10-16-9-20(35)23(28(31)40)26(38)30(16,41)27(39)24(29)25(22)37/h3-8,16,34-35,39,41-42H,9-13H2,1-2H3,(H2,31,40)(H,32,36)/t16-,29+,30-/m1/s1. The molecule has 220 valence electrons. The molecule has 3 atom stereocenters. The first-order chi connectivity index (χ1) is 19.7. The predicted octanol–water partition coefficient (Wildman–Crippen LogP) is 1.48. The van der Waals surface area contributed by atoms with Crippen LogP contribution >= 0.6 is 12.6 Å². The van der Waals surface area contributed by atoms with Crippen LogP contribution in [0.1, 0.15) is 34.3 Å². The zero-order valence-corrected chi connectivity index (χ0v) is 23.9. The van der Waals surface area contributed by atoms with Gasteiger partial charge in [-0.25, -0.2) is 0 Å². The van der Waals surface area contributed by atoms with Gasteiger partial charge in [0.05, 0.1) is 17.7 Å². The monoisotopic (exact) mass is 593 g/mol. The van der Waals surface area contributed by atoms with Crippen LogP contribution in [0.3, 0.4) is 0 Å². The lowest BCUT2D eigenvalue weighted by Gasteiger charge is -2.49. The Kier molecular flexibility index (Phi) is 7.20. The van der Waals surface area contributed by atoms with Crippen molar-refractivity contribution in [1.29, 1.82) is 0 Å². The Morgan fingerprint density at radius 1 is 1.10 bits per heavy atom. The zero-order valence-electron chi connectivity index (χ0n) is 23.0. The highest BCUT2D eigenvalue weighted by molar-refractivity contribution is 7.82. The summed E-state index contributed by atoms with van der Waals surface area (Å²) in [6.45, 7) is 0.589. The van der Waals surface area contributed by atoms with Crippen LogP contribution in [0.4, 0.5) is 0 Å². The van der Waals surface area contributed by atoms with Crippen LogP contribution in [-0.2, 0) is 27.3 Å². The number of thiol groups is 1. The van der Waals surface area contributed by atoms with Gasteiger partial charge in [-0.05, 0) is 55.3 Å². The Balaban J connectivity index is 1.54. The molecule has 5 rings (SSSR count). The number of phenolic OH excluding ortho intramolecular Hbond substituents is 1. The predicted molar refractivity (Wildman–Crippen MR) is 155 cm³/mol. The van der Waals surface area contributed by atoms with Gasteiger partial charge < -0.3 is 36.4 Å². The number of allylic oxidation sites excluding steroid dienone is 1. The Morgan fingerprint density at radius 3 is 2.38 bits per heavy atom. The average Bonchev–Trinajstić information content (AvgIpc) is 2.89. The van der Waals surface area contributed by atoms with Crippen LogP contribution in [0.15, 0.2) is 59.1 Å². The minimum atomic E-state index is -2.67. The highest BCUT2D eigenvalue weighted by Crippen LogP contribution is 2.56. The largest absolute Gasteiger partial charge is 0.511 e. The molecule has 0 saturated heterocycles. The van der Waals surface area contributed by atoms with Crippen LogP contribution < -0.4 is 11.1 Å². The van der Waals surface area contributed by atoms with Crippen molar-refractivity contribution < 1.29 is 39.6 Å². The van der Waals surface area contributed by atoms with E-state index in [0.717, 1.165) is 11.1 Å². The van der Waals surface area contributed by atoms with Gasteiger partial charge >= 0.3 is 0 Å². The maximum Gasteiger partial charge on any atom is 0.255 e. The minimum Gasteiger partial charge on any atom is -0.511 e. The summed E-state index contributed by atoms with van der Waals surface area (Å²) >= 11 is 4.80. The summed E-state index contributed by atoms with van der Waals surface area (Å²) in [6.07, 6.45) is -0.420. The quantitative estimate of drug-likeness (QED) is 0.192. The third kappa shape index (κ3) is 4.55. The Morgan fingerprint density at radius 2 is 1.76 bits per heavy atom. The second-order valence-electron chi connectivity index (χ2n) is 11.3. The maximum atomic E-state index is 13.9. The molecule has 3 aliphatic rings. The van der Waals surface area contributed by atoms with Gasteiger partial charge in [0.2, 0.25) is 11.7 Å². The molecule has 0 saturated carbocycles. The van der Waals surface area contributed by atoms with E-state index in [2.05, 4.69) is 5.32 Å². The number of carbonyl (C=O) groups is 4. The number of carbonyl (C=O) groups excluding carboxylic acids is 4. The zero-order chi connectivity index (χ0) is 30.7. The number of hydrogen-bond donors (Lipinski definition) is 7. The SMILES string of the molecule is CN(C)CC(=O)NCc1ccc(-c2ccc(O)c3c2C[C@@]2(S)C[C@H]4CC(O)=C(C(N)=O)C(=O)[C@@]4(O)C(O)=C2C3=O)cc1. The second kappa shape index (κ2) is 10.3. The van der Waals surface area contributed by atoms with Crippen molar-refractivity contribution in [3.63, 3.8) is 0 Å². The molecule has 3 aliphatic carbocycles. The van der Waals surface area contributed by atoms with Gasteiger partial charge in [0.15, 0.2) is 11.4 Å². The number of Topliss-reactive ketones (excluding diaryl/α,β-unsaturated/α-hetero) is 2. The van der Waals surface area contributed by atoms with E-state index >= 15 is 0 Å². The van der Waals surface area contributed by atoms with Crippen molar-refractivity contribution >= 4 is 36.0 Å². The molecular weight excluding hydrogens is 562 g/mol. The molecule has 11 nitrogen and oxygen atoms in total. The molecule has 2 aromatic carbocycles. The lowest BCUT2D eigenvalue weighted by atomic mass is 9.59. The number of nitrogens with zero attached hydrogens (tertiary/aromatic N) is 1. The fourth-order valence-electron chi connectivity index (χ4n) is 6.27. The Labute approximate surface area is 246 Å². The van der Waals surface area contributed by atoms with Crippen molar-refractivity contribution in [3.05, 3.63) is 75.8 Å². The van der Waals surface area contributed by atoms with Crippen LogP contribution in [-0.4, -0.2) is 79.7 Å². The number of hydrogen-bond acceptors (Lipinski definition) is 10. The van der Waals surface area contributed by atoms with Gasteiger partial charge in [-0.1, -0.05) is 30.3 Å². The molecule has 0 radical (unpaired) electrons. The summed E-state index contributed by atoms with van der Waals surface area (Å²) in [6, 6.07) is 10.3. The third-order valence-electron chi connectivity index (χ3n) is 8.21. The summed E-state index contributed by atoms with van der Waals surface area (Å²) in [4.78, 5) is 52.7. The molecule has 0 aliphatic heterocycles. The Bertz CT molecular complexity index is 1610. The average molecular weight is 594 g/mol. The van der Waals surface area contributed by atoms with Gasteiger partial charge in [-0.15, -0.1) is 0 Å². The number of ketones is 2. The van der Waals surface area contributed by atoms with Crippen LogP contribution in [0.25, 0.3) is 11.1 Å². The van der Waals surface area contributed by atoms with Crippen molar-refractivity contribution in [2.45, 2.75) is 36.2 Å². The van der Waals surface area contributed by atoms with Crippen molar-refractivity contribution in [3.8, 4) is 16.9 Å². The summed E-state index contributed by atoms with van der Waals surface area (Å²) in [5.41, 5.74) is 3.96. The van der Waals surface area contributed by atoms with E-state index in [1.165, 1.54) is 6.07 Å². The van der Waals surface area contributed by atoms with Crippen molar-refractivity contribution in [2.24, 2.45) is 11.7 Å². The topological polar surface area (TPSA) is 190 Å². The fraction of sp³-hybridized carbons (Fsp3) is 0.333. The molecule has 42 heavy (non-hydrogen) atoms. The number of benzene rings is 2. The van der Waals surface area contributed by atoms with E-state index in [9.17, 15) is 39.6 Å². The molecule has 0 bridgehead atoms. The van der Waals surface area contributed by atoms with Crippen molar-refractivity contribution in [1.82, 2.24) is 10.2 Å². The van der Waals surface area contributed by atoms with Gasteiger partial charge in [-0.2, -0.15) is 12.6 Å². The van der Waals surface area contributed by atoms with E-state index in [1.54, 1.807) is 25.1 Å².